The summed E-state index contributed by atoms with van der Waals surface area (Å²) in [5.41, 5.74) is 2.49. The molecule has 0 bridgehead atoms. The molecule has 25 heavy (non-hydrogen) atoms. The molecule has 1 aromatic carbocycles. The molecule has 1 aromatic heterocycles. The molecule has 0 radical (unpaired) electrons. The first-order valence-corrected chi connectivity index (χ1v) is 8.81. The zero-order chi connectivity index (χ0) is 17.1. The number of carbonyl (C=O) groups excluding carboxylic acids is 1. The predicted octanol–water partition coefficient (Wildman–Crippen LogP) is 3.33. The molecule has 1 aliphatic rings. The van der Waals surface area contributed by atoms with E-state index in [1.807, 2.05) is 47.8 Å². The minimum absolute atomic E-state index is 0. The average molecular weight is 383 g/mol. The molecule has 1 atom stereocenters. The summed E-state index contributed by atoms with van der Waals surface area (Å²) in [6.45, 7) is 3.60. The summed E-state index contributed by atoms with van der Waals surface area (Å²) >= 11 is 6.09. The number of amides is 1. The molecular formula is C18H24Cl2N4O. The number of nitrogens with one attached hydrogen (secondary N) is 1. The molecule has 7 heteroatoms. The van der Waals surface area contributed by atoms with Gasteiger partial charge in [-0.25, -0.2) is 4.68 Å². The van der Waals surface area contributed by atoms with Gasteiger partial charge in [-0.3, -0.25) is 4.79 Å². The highest BCUT2D eigenvalue weighted by Gasteiger charge is 2.26. The van der Waals surface area contributed by atoms with Crippen molar-refractivity contribution in [2.45, 2.75) is 32.2 Å². The van der Waals surface area contributed by atoms with Gasteiger partial charge in [0.1, 0.15) is 0 Å². The number of likely N-dealkylation sites (tertiary alicyclic amines) is 1. The van der Waals surface area contributed by atoms with Crippen LogP contribution in [0.5, 0.6) is 0 Å². The topological polar surface area (TPSA) is 50.2 Å². The molecule has 2 aromatic rings. The fourth-order valence-corrected chi connectivity index (χ4v) is 3.48. The lowest BCUT2D eigenvalue weighted by Gasteiger charge is -2.32. The Morgan fingerprint density at radius 2 is 2.24 bits per heavy atom. The highest BCUT2D eigenvalue weighted by Crippen LogP contribution is 2.21. The molecule has 1 unspecified atom stereocenters. The van der Waals surface area contributed by atoms with Crippen molar-refractivity contribution in [2.24, 2.45) is 0 Å². The molecule has 1 amide bonds. The zero-order valence-corrected chi connectivity index (χ0v) is 16.1. The van der Waals surface area contributed by atoms with Gasteiger partial charge in [0.25, 0.3) is 5.91 Å². The lowest BCUT2D eigenvalue weighted by Crippen LogP contribution is -2.47. The van der Waals surface area contributed by atoms with E-state index in [0.29, 0.717) is 16.6 Å². The van der Waals surface area contributed by atoms with Gasteiger partial charge in [-0.05, 0) is 44.5 Å². The molecule has 136 valence electrons. The first-order valence-electron chi connectivity index (χ1n) is 8.43. The van der Waals surface area contributed by atoms with Crippen LogP contribution in [-0.2, 0) is 6.42 Å². The quantitative estimate of drug-likeness (QED) is 0.881. The normalized spacial score (nSPS) is 17.2. The van der Waals surface area contributed by atoms with Gasteiger partial charge < -0.3 is 10.2 Å². The molecule has 0 saturated carbocycles. The van der Waals surface area contributed by atoms with E-state index in [-0.39, 0.29) is 18.3 Å². The van der Waals surface area contributed by atoms with Crippen molar-refractivity contribution in [1.29, 1.82) is 0 Å². The summed E-state index contributed by atoms with van der Waals surface area (Å²) in [6.07, 6.45) is 4.56. The van der Waals surface area contributed by atoms with Crippen LogP contribution in [-0.4, -0.2) is 46.8 Å². The van der Waals surface area contributed by atoms with E-state index in [1.165, 1.54) is 0 Å². The number of hydrogen-bond donors (Lipinski definition) is 1. The molecule has 0 aliphatic carbocycles. The molecule has 2 heterocycles. The third-order valence-electron chi connectivity index (χ3n) is 4.60. The second kappa shape index (κ2) is 8.70. The van der Waals surface area contributed by atoms with Crippen molar-refractivity contribution >= 4 is 29.9 Å². The summed E-state index contributed by atoms with van der Waals surface area (Å²) in [5, 5.41) is 8.38. The Labute approximate surface area is 159 Å². The van der Waals surface area contributed by atoms with E-state index < -0.39 is 0 Å². The van der Waals surface area contributed by atoms with Crippen LogP contribution in [0, 0.1) is 0 Å². The van der Waals surface area contributed by atoms with Gasteiger partial charge in [-0.1, -0.05) is 24.6 Å². The maximum absolute atomic E-state index is 13.0. The number of hydrogen-bond acceptors (Lipinski definition) is 3. The summed E-state index contributed by atoms with van der Waals surface area (Å²) in [7, 11) is 1.95. The Balaban J connectivity index is 0.00000225. The lowest BCUT2D eigenvalue weighted by molar-refractivity contribution is 0.0697. The van der Waals surface area contributed by atoms with Crippen LogP contribution in [0.3, 0.4) is 0 Å². The smallest absolute Gasteiger partial charge is 0.257 e. The number of likely N-dealkylation sites (N-methyl/N-ethyl adjacent to an activating group) is 1. The van der Waals surface area contributed by atoms with E-state index in [4.69, 9.17) is 11.6 Å². The third kappa shape index (κ3) is 4.17. The summed E-state index contributed by atoms with van der Waals surface area (Å²) < 4.78 is 1.82. The van der Waals surface area contributed by atoms with E-state index >= 15 is 0 Å². The molecular weight excluding hydrogens is 359 g/mol. The van der Waals surface area contributed by atoms with Gasteiger partial charge in [0.15, 0.2) is 0 Å². The van der Waals surface area contributed by atoms with Crippen molar-refractivity contribution in [3.05, 3.63) is 46.7 Å². The number of benzene rings is 1. The van der Waals surface area contributed by atoms with Gasteiger partial charge in [0.05, 0.1) is 23.1 Å². The number of nitrogens with zero attached hydrogens (tertiary/aromatic N) is 3. The van der Waals surface area contributed by atoms with Crippen molar-refractivity contribution in [2.75, 3.05) is 20.1 Å². The van der Waals surface area contributed by atoms with E-state index in [2.05, 4.69) is 10.4 Å². The molecule has 1 fully saturated rings. The molecule has 0 spiro atoms. The van der Waals surface area contributed by atoms with E-state index in [9.17, 15) is 4.79 Å². The zero-order valence-electron chi connectivity index (χ0n) is 14.5. The van der Waals surface area contributed by atoms with Crippen molar-refractivity contribution in [3.8, 4) is 5.69 Å². The highest BCUT2D eigenvalue weighted by atomic mass is 35.5. The number of piperidine rings is 1. The van der Waals surface area contributed by atoms with Crippen LogP contribution >= 0.6 is 24.0 Å². The average Bonchev–Trinajstić information content (AvgIpc) is 3.05. The number of halogens is 2. The van der Waals surface area contributed by atoms with Gasteiger partial charge in [0.2, 0.25) is 0 Å². The first kappa shape index (κ1) is 19.8. The number of carbonyl (C=O) groups is 1. The third-order valence-corrected chi connectivity index (χ3v) is 4.84. The predicted molar refractivity (Wildman–Crippen MR) is 103 cm³/mol. The minimum Gasteiger partial charge on any atom is -0.337 e. The molecule has 3 rings (SSSR count). The van der Waals surface area contributed by atoms with Gasteiger partial charge >= 0.3 is 0 Å². The maximum Gasteiger partial charge on any atom is 0.257 e. The standard InChI is InChI=1S/C18H23ClN4O.ClH/c1-3-17-16(18(24)22-9-5-7-14(12-22)20-2)11-21-23(17)15-8-4-6-13(19)10-15;/h4,6,8,10-11,14,20H,3,5,7,9,12H2,1-2H3;1H. The van der Waals surface area contributed by atoms with Crippen LogP contribution in [0.15, 0.2) is 30.5 Å². The largest absolute Gasteiger partial charge is 0.337 e. The molecule has 1 N–H and O–H groups in total. The first-order chi connectivity index (χ1) is 11.6. The summed E-state index contributed by atoms with van der Waals surface area (Å²) in [6, 6.07) is 7.90. The van der Waals surface area contributed by atoms with Crippen molar-refractivity contribution in [1.82, 2.24) is 20.0 Å². The second-order valence-corrected chi connectivity index (χ2v) is 6.57. The maximum atomic E-state index is 13.0. The van der Waals surface area contributed by atoms with Gasteiger partial charge in [0, 0.05) is 24.2 Å². The minimum atomic E-state index is 0. The number of rotatable bonds is 4. The van der Waals surface area contributed by atoms with Crippen molar-refractivity contribution in [3.63, 3.8) is 0 Å². The van der Waals surface area contributed by atoms with Crippen LogP contribution < -0.4 is 5.32 Å². The second-order valence-electron chi connectivity index (χ2n) is 6.13. The highest BCUT2D eigenvalue weighted by molar-refractivity contribution is 6.30. The Hall–Kier alpha value is -1.56. The Morgan fingerprint density at radius 1 is 1.44 bits per heavy atom. The van der Waals surface area contributed by atoms with Gasteiger partial charge in [-0.15, -0.1) is 12.4 Å². The number of aromatic nitrogens is 2. The lowest BCUT2D eigenvalue weighted by atomic mass is 10.0. The molecule has 1 aliphatic heterocycles. The fourth-order valence-electron chi connectivity index (χ4n) is 3.29. The van der Waals surface area contributed by atoms with Crippen molar-refractivity contribution < 1.29 is 4.79 Å². The summed E-state index contributed by atoms with van der Waals surface area (Å²) in [5.74, 6) is 0.0695. The Bertz CT molecular complexity index is 732. The van der Waals surface area contributed by atoms with Crippen LogP contribution in [0.2, 0.25) is 5.02 Å². The van der Waals surface area contributed by atoms with E-state index in [0.717, 1.165) is 43.7 Å². The molecule has 1 saturated heterocycles. The Kier molecular flexibility index (Phi) is 6.87. The Morgan fingerprint density at radius 3 is 2.92 bits per heavy atom. The summed E-state index contributed by atoms with van der Waals surface area (Å²) in [4.78, 5) is 14.9. The van der Waals surface area contributed by atoms with Gasteiger partial charge in [-0.2, -0.15) is 5.10 Å². The molecule has 5 nitrogen and oxygen atoms in total. The van der Waals surface area contributed by atoms with Crippen LogP contribution in [0.25, 0.3) is 5.69 Å². The SMILES string of the molecule is CCc1c(C(=O)N2CCCC(NC)C2)cnn1-c1cccc(Cl)c1.Cl. The monoisotopic (exact) mass is 382 g/mol. The van der Waals surface area contributed by atoms with Crippen LogP contribution in [0.1, 0.15) is 35.8 Å². The van der Waals surface area contributed by atoms with Crippen LogP contribution in [0.4, 0.5) is 0 Å². The fraction of sp³-hybridized carbons (Fsp3) is 0.444. The van der Waals surface area contributed by atoms with E-state index in [1.54, 1.807) is 6.20 Å².